The fourth-order valence-electron chi connectivity index (χ4n) is 3.87. The largest absolute Gasteiger partial charge is 0.500 e. The molecule has 0 bridgehead atoms. The third kappa shape index (κ3) is 17.0. The summed E-state index contributed by atoms with van der Waals surface area (Å²) in [6.07, 6.45) is 24.7. The number of nitrogens with two attached hydrogens (primary N) is 1. The molecule has 4 nitrogen and oxygen atoms in total. The fourth-order valence-corrected chi connectivity index (χ4v) is 5.67. The molecule has 0 saturated carbocycles. The number of hydrogen-bond donors (Lipinski definition) is 1. The van der Waals surface area contributed by atoms with Gasteiger partial charge >= 0.3 is 8.80 Å². The molecule has 0 aromatic rings. The first-order chi connectivity index (χ1) is 13.7. The Hall–Kier alpha value is 0.0569. The van der Waals surface area contributed by atoms with Gasteiger partial charge in [0.1, 0.15) is 0 Å². The minimum absolute atomic E-state index is 0.862. The minimum Gasteiger partial charge on any atom is -0.377 e. The van der Waals surface area contributed by atoms with Crippen molar-refractivity contribution in [1.29, 1.82) is 0 Å². The van der Waals surface area contributed by atoms with E-state index in [-0.39, 0.29) is 0 Å². The molecule has 0 heterocycles. The van der Waals surface area contributed by atoms with Gasteiger partial charge in [-0.3, -0.25) is 0 Å². The number of unbranched alkanes of at least 4 members (excludes halogenated alkanes) is 17. The van der Waals surface area contributed by atoms with Crippen molar-refractivity contribution in [2.24, 2.45) is 5.73 Å². The Morgan fingerprint density at radius 3 is 0.929 bits per heavy atom. The van der Waals surface area contributed by atoms with Gasteiger partial charge in [-0.05, 0) is 19.4 Å². The molecule has 5 heteroatoms. The molecule has 28 heavy (non-hydrogen) atoms. The molecule has 0 fully saturated rings. The van der Waals surface area contributed by atoms with E-state index in [1.165, 1.54) is 109 Å². The van der Waals surface area contributed by atoms with E-state index in [1.54, 1.807) is 21.3 Å². The molecule has 0 spiro atoms. The molecule has 0 unspecified atom stereocenters. The Morgan fingerprint density at radius 1 is 0.429 bits per heavy atom. The van der Waals surface area contributed by atoms with Crippen LogP contribution in [-0.4, -0.2) is 36.7 Å². The van der Waals surface area contributed by atoms with E-state index >= 15 is 0 Å². The monoisotopic (exact) mass is 417 g/mol. The van der Waals surface area contributed by atoms with Crippen molar-refractivity contribution in [2.75, 3.05) is 27.9 Å². The van der Waals surface area contributed by atoms with E-state index in [0.717, 1.165) is 19.0 Å². The Kier molecular flexibility index (Phi) is 21.8. The van der Waals surface area contributed by atoms with Gasteiger partial charge < -0.3 is 19.0 Å². The predicted molar refractivity (Wildman–Crippen MR) is 124 cm³/mol. The molecular weight excluding hydrogens is 366 g/mol. The molecule has 0 amide bonds. The Bertz CT molecular complexity index is 293. The third-order valence-electron chi connectivity index (χ3n) is 5.87. The van der Waals surface area contributed by atoms with Gasteiger partial charge in [-0.15, -0.1) is 0 Å². The van der Waals surface area contributed by atoms with Crippen LogP contribution in [-0.2, 0) is 13.3 Å². The highest BCUT2D eigenvalue weighted by atomic mass is 28.4. The van der Waals surface area contributed by atoms with Crippen molar-refractivity contribution in [2.45, 2.75) is 122 Å². The van der Waals surface area contributed by atoms with Crippen molar-refractivity contribution in [3.05, 3.63) is 0 Å². The lowest BCUT2D eigenvalue weighted by atomic mass is 10.0. The molecule has 0 aliphatic rings. The SMILES string of the molecule is CO[Si](CCCCCCCCCCCCCCCCCCCCN)(OC)OC. The molecule has 0 atom stereocenters. The number of hydrogen-bond acceptors (Lipinski definition) is 4. The molecule has 0 saturated heterocycles. The van der Waals surface area contributed by atoms with E-state index in [9.17, 15) is 0 Å². The average Bonchev–Trinajstić information content (AvgIpc) is 2.73. The molecule has 0 aliphatic heterocycles. The maximum absolute atomic E-state index is 5.52. The summed E-state index contributed by atoms with van der Waals surface area (Å²) in [6.45, 7) is 0.862. The normalized spacial score (nSPS) is 12.0. The van der Waals surface area contributed by atoms with Crippen LogP contribution in [0, 0.1) is 0 Å². The van der Waals surface area contributed by atoms with Crippen molar-refractivity contribution in [1.82, 2.24) is 0 Å². The van der Waals surface area contributed by atoms with Crippen LogP contribution >= 0.6 is 0 Å². The van der Waals surface area contributed by atoms with Crippen molar-refractivity contribution in [3.63, 3.8) is 0 Å². The highest BCUT2D eigenvalue weighted by molar-refractivity contribution is 6.60. The van der Waals surface area contributed by atoms with Crippen LogP contribution in [0.25, 0.3) is 0 Å². The van der Waals surface area contributed by atoms with Crippen molar-refractivity contribution < 1.29 is 13.3 Å². The second-order valence-corrected chi connectivity index (χ2v) is 11.3. The summed E-state index contributed by atoms with van der Waals surface area (Å²) < 4.78 is 16.4. The standard InChI is InChI=1S/C23H51NO3Si/c1-25-28(26-2,27-3)23-21-19-17-15-13-11-9-7-5-4-6-8-10-12-14-16-18-20-22-24/h4-24H2,1-3H3. The van der Waals surface area contributed by atoms with E-state index < -0.39 is 8.80 Å². The lowest BCUT2D eigenvalue weighted by Gasteiger charge is -2.24. The lowest BCUT2D eigenvalue weighted by Crippen LogP contribution is -2.42. The topological polar surface area (TPSA) is 53.7 Å². The average molecular weight is 418 g/mol. The van der Waals surface area contributed by atoms with Gasteiger partial charge in [-0.2, -0.15) is 0 Å². The maximum atomic E-state index is 5.52. The molecule has 0 aromatic carbocycles. The quantitative estimate of drug-likeness (QED) is 0.146. The maximum Gasteiger partial charge on any atom is 0.500 e. The Morgan fingerprint density at radius 2 is 0.679 bits per heavy atom. The second-order valence-electron chi connectivity index (χ2n) is 8.20. The molecule has 0 rings (SSSR count). The minimum atomic E-state index is -2.33. The fraction of sp³-hybridized carbons (Fsp3) is 1.00. The molecule has 170 valence electrons. The third-order valence-corrected chi connectivity index (χ3v) is 8.70. The summed E-state index contributed by atoms with van der Waals surface area (Å²) in [4.78, 5) is 0. The first-order valence-corrected chi connectivity index (χ1v) is 14.0. The van der Waals surface area contributed by atoms with E-state index in [4.69, 9.17) is 19.0 Å². The molecule has 0 aliphatic carbocycles. The zero-order valence-electron chi connectivity index (χ0n) is 19.4. The Labute approximate surface area is 177 Å². The number of rotatable bonds is 23. The van der Waals surface area contributed by atoms with Gasteiger partial charge in [0.2, 0.25) is 0 Å². The molecule has 0 radical (unpaired) electrons. The van der Waals surface area contributed by atoms with Gasteiger partial charge in [-0.1, -0.05) is 103 Å². The highest BCUT2D eigenvalue weighted by Gasteiger charge is 2.36. The first-order valence-electron chi connectivity index (χ1n) is 12.1. The van der Waals surface area contributed by atoms with Gasteiger partial charge in [0.05, 0.1) is 0 Å². The van der Waals surface area contributed by atoms with Crippen molar-refractivity contribution >= 4 is 8.80 Å². The van der Waals surface area contributed by atoms with Crippen LogP contribution in [0.2, 0.25) is 6.04 Å². The van der Waals surface area contributed by atoms with E-state index in [0.29, 0.717) is 0 Å². The van der Waals surface area contributed by atoms with Crippen LogP contribution < -0.4 is 5.73 Å². The van der Waals surface area contributed by atoms with Crippen LogP contribution in [0.1, 0.15) is 116 Å². The van der Waals surface area contributed by atoms with Crippen molar-refractivity contribution in [3.8, 4) is 0 Å². The van der Waals surface area contributed by atoms with Crippen LogP contribution in [0.4, 0.5) is 0 Å². The van der Waals surface area contributed by atoms with E-state index in [1.807, 2.05) is 0 Å². The molecule has 0 aromatic heterocycles. The van der Waals surface area contributed by atoms with E-state index in [2.05, 4.69) is 0 Å². The van der Waals surface area contributed by atoms with Gasteiger partial charge in [0.15, 0.2) is 0 Å². The second kappa shape index (κ2) is 21.8. The summed E-state index contributed by atoms with van der Waals surface area (Å²) in [5.41, 5.74) is 5.52. The predicted octanol–water partition coefficient (Wildman–Crippen LogP) is 6.85. The lowest BCUT2D eigenvalue weighted by molar-refractivity contribution is 0.122. The highest BCUT2D eigenvalue weighted by Crippen LogP contribution is 2.19. The summed E-state index contributed by atoms with van der Waals surface area (Å²) in [7, 11) is 2.77. The summed E-state index contributed by atoms with van der Waals surface area (Å²) in [5, 5.41) is 0. The Balaban J connectivity index is 3.18. The molecular formula is C23H51NO3Si. The van der Waals surface area contributed by atoms with Crippen LogP contribution in [0.3, 0.4) is 0 Å². The van der Waals surface area contributed by atoms with Gasteiger partial charge in [-0.25, -0.2) is 0 Å². The van der Waals surface area contributed by atoms with Crippen LogP contribution in [0.5, 0.6) is 0 Å². The summed E-state index contributed by atoms with van der Waals surface area (Å²) >= 11 is 0. The smallest absolute Gasteiger partial charge is 0.377 e. The summed E-state index contributed by atoms with van der Waals surface area (Å²) in [6, 6.07) is 0.935. The zero-order chi connectivity index (χ0) is 20.8. The van der Waals surface area contributed by atoms with Gasteiger partial charge in [0, 0.05) is 27.4 Å². The first kappa shape index (κ1) is 28.1. The zero-order valence-corrected chi connectivity index (χ0v) is 20.4. The molecule has 2 N–H and O–H groups in total. The summed E-state index contributed by atoms with van der Waals surface area (Å²) in [5.74, 6) is 0. The van der Waals surface area contributed by atoms with Crippen LogP contribution in [0.15, 0.2) is 0 Å². The van der Waals surface area contributed by atoms with Gasteiger partial charge in [0.25, 0.3) is 0 Å².